The molecule has 2 rings (SSSR count). The third kappa shape index (κ3) is 5.69. The van der Waals surface area contributed by atoms with Gasteiger partial charge in [-0.1, -0.05) is 6.07 Å². The molecule has 0 radical (unpaired) electrons. The number of hydrogen-bond donors (Lipinski definition) is 2. The van der Waals surface area contributed by atoms with E-state index in [9.17, 15) is 19.2 Å². The number of esters is 1. The highest BCUT2D eigenvalue weighted by atomic mass is 16.5. The molecule has 2 N–H and O–H groups in total. The van der Waals surface area contributed by atoms with Crippen LogP contribution in [0.5, 0.6) is 5.75 Å². The first-order valence-corrected chi connectivity index (χ1v) is 9.39. The molecule has 4 amide bonds. The number of aryl methyl sites for hydroxylation is 1. The summed E-state index contributed by atoms with van der Waals surface area (Å²) in [6.45, 7) is 6.89. The van der Waals surface area contributed by atoms with Gasteiger partial charge in [-0.25, -0.2) is 4.79 Å². The second-order valence-corrected chi connectivity index (χ2v) is 7.28. The molecule has 9 heteroatoms. The quantitative estimate of drug-likeness (QED) is 0.694. The number of imide groups is 1. The maximum Gasteiger partial charge on any atom is 0.321 e. The fraction of sp³-hybridized carbons (Fsp3) is 0.500. The van der Waals surface area contributed by atoms with Crippen molar-refractivity contribution in [3.05, 3.63) is 23.8 Å². The van der Waals surface area contributed by atoms with Crippen molar-refractivity contribution in [1.82, 2.24) is 10.6 Å². The largest absolute Gasteiger partial charge is 0.495 e. The molecule has 1 heterocycles. The Morgan fingerprint density at radius 3 is 2.52 bits per heavy atom. The molecule has 0 spiro atoms. The van der Waals surface area contributed by atoms with Crippen molar-refractivity contribution in [2.45, 2.75) is 46.3 Å². The number of methoxy groups -OCH3 is 1. The first-order chi connectivity index (χ1) is 13.6. The number of benzene rings is 1. The van der Waals surface area contributed by atoms with Crippen LogP contribution in [0.2, 0.25) is 0 Å². The summed E-state index contributed by atoms with van der Waals surface area (Å²) in [6.07, 6.45) is -1.20. The molecule has 1 fully saturated rings. The van der Waals surface area contributed by atoms with Crippen LogP contribution in [0.25, 0.3) is 0 Å². The van der Waals surface area contributed by atoms with Gasteiger partial charge in [0.15, 0.2) is 6.10 Å². The lowest BCUT2D eigenvalue weighted by Gasteiger charge is -2.20. The molecule has 0 unspecified atom stereocenters. The van der Waals surface area contributed by atoms with Crippen LogP contribution < -0.4 is 20.3 Å². The van der Waals surface area contributed by atoms with Crippen LogP contribution >= 0.6 is 0 Å². The van der Waals surface area contributed by atoms with Crippen LogP contribution in [0.3, 0.4) is 0 Å². The molecule has 0 saturated carbocycles. The van der Waals surface area contributed by atoms with E-state index in [0.29, 0.717) is 11.4 Å². The van der Waals surface area contributed by atoms with Crippen LogP contribution in [0, 0.1) is 12.8 Å². The van der Waals surface area contributed by atoms with E-state index in [0.717, 1.165) is 5.56 Å². The monoisotopic (exact) mass is 405 g/mol. The molecule has 29 heavy (non-hydrogen) atoms. The van der Waals surface area contributed by atoms with Crippen molar-refractivity contribution in [3.63, 3.8) is 0 Å². The minimum absolute atomic E-state index is 0.0297. The average molecular weight is 405 g/mol. The number of ether oxygens (including phenoxy) is 2. The van der Waals surface area contributed by atoms with Gasteiger partial charge in [0.1, 0.15) is 5.75 Å². The smallest absolute Gasteiger partial charge is 0.321 e. The van der Waals surface area contributed by atoms with E-state index in [-0.39, 0.29) is 24.9 Å². The molecule has 0 aliphatic carbocycles. The number of amides is 4. The number of hydrogen-bond acceptors (Lipinski definition) is 6. The fourth-order valence-electron chi connectivity index (χ4n) is 2.95. The molecule has 0 aromatic heterocycles. The molecular formula is C20H27N3O6. The van der Waals surface area contributed by atoms with E-state index in [1.54, 1.807) is 19.9 Å². The van der Waals surface area contributed by atoms with Gasteiger partial charge < -0.3 is 19.7 Å². The Hall–Kier alpha value is -3.10. The van der Waals surface area contributed by atoms with Crippen molar-refractivity contribution < 1.29 is 28.7 Å². The Morgan fingerprint density at radius 1 is 1.21 bits per heavy atom. The van der Waals surface area contributed by atoms with Gasteiger partial charge in [0.2, 0.25) is 5.91 Å². The van der Waals surface area contributed by atoms with Crippen LogP contribution in [-0.2, 0) is 19.1 Å². The van der Waals surface area contributed by atoms with Gasteiger partial charge >= 0.3 is 12.0 Å². The Bertz CT molecular complexity index is 807. The second kappa shape index (κ2) is 9.40. The van der Waals surface area contributed by atoms with Gasteiger partial charge in [0, 0.05) is 19.0 Å². The summed E-state index contributed by atoms with van der Waals surface area (Å²) in [5, 5.41) is 4.62. The van der Waals surface area contributed by atoms with Crippen molar-refractivity contribution in [3.8, 4) is 5.75 Å². The van der Waals surface area contributed by atoms with Gasteiger partial charge in [-0.3, -0.25) is 19.7 Å². The predicted molar refractivity (Wildman–Crippen MR) is 106 cm³/mol. The van der Waals surface area contributed by atoms with Crippen LogP contribution in [0.1, 0.15) is 32.8 Å². The lowest BCUT2D eigenvalue weighted by Crippen LogP contribution is -2.47. The summed E-state index contributed by atoms with van der Waals surface area (Å²) in [4.78, 5) is 50.0. The van der Waals surface area contributed by atoms with Crippen LogP contribution in [-0.4, -0.2) is 49.6 Å². The zero-order chi connectivity index (χ0) is 21.7. The Balaban J connectivity index is 1.99. The second-order valence-electron chi connectivity index (χ2n) is 7.28. The number of carbonyl (C=O) groups is 4. The maximum atomic E-state index is 12.5. The fourth-order valence-corrected chi connectivity index (χ4v) is 2.95. The number of rotatable bonds is 6. The molecule has 9 nitrogen and oxygen atoms in total. The van der Waals surface area contributed by atoms with Crippen molar-refractivity contribution in [1.29, 1.82) is 0 Å². The third-order valence-electron chi connectivity index (χ3n) is 4.40. The zero-order valence-corrected chi connectivity index (χ0v) is 17.3. The maximum absolute atomic E-state index is 12.5. The van der Waals surface area contributed by atoms with Gasteiger partial charge in [0.05, 0.1) is 18.7 Å². The molecular weight excluding hydrogens is 378 g/mol. The SMILES string of the molecule is COc1ccc(C)cc1N1C[C@H](C(=O)O[C@H](C)C(=O)NC(=O)NC(C)C)CC1=O. The highest BCUT2D eigenvalue weighted by molar-refractivity contribution is 6.01. The summed E-state index contributed by atoms with van der Waals surface area (Å²) in [5.41, 5.74) is 1.54. The summed E-state index contributed by atoms with van der Waals surface area (Å²) < 4.78 is 10.5. The molecule has 2 atom stereocenters. The molecule has 1 aliphatic rings. The van der Waals surface area contributed by atoms with Gasteiger partial charge in [-0.2, -0.15) is 0 Å². The van der Waals surface area contributed by atoms with Gasteiger partial charge in [0.25, 0.3) is 5.91 Å². The molecule has 158 valence electrons. The minimum Gasteiger partial charge on any atom is -0.495 e. The Morgan fingerprint density at radius 2 is 1.90 bits per heavy atom. The Kier molecular flexibility index (Phi) is 7.19. The van der Waals surface area contributed by atoms with E-state index in [1.165, 1.54) is 18.9 Å². The molecule has 0 bridgehead atoms. The molecule has 1 aliphatic heterocycles. The van der Waals surface area contributed by atoms with E-state index >= 15 is 0 Å². The highest BCUT2D eigenvalue weighted by Gasteiger charge is 2.38. The van der Waals surface area contributed by atoms with Crippen LogP contribution in [0.15, 0.2) is 18.2 Å². The van der Waals surface area contributed by atoms with Crippen molar-refractivity contribution >= 4 is 29.5 Å². The molecule has 1 saturated heterocycles. The van der Waals surface area contributed by atoms with Crippen LogP contribution in [0.4, 0.5) is 10.5 Å². The summed E-state index contributed by atoms with van der Waals surface area (Å²) in [7, 11) is 1.51. The van der Waals surface area contributed by atoms with Crippen molar-refractivity contribution in [2.75, 3.05) is 18.6 Å². The predicted octanol–water partition coefficient (Wildman–Crippen LogP) is 1.52. The minimum atomic E-state index is -1.17. The first-order valence-electron chi connectivity index (χ1n) is 9.39. The summed E-state index contributed by atoms with van der Waals surface area (Å²) in [6, 6.07) is 4.63. The zero-order valence-electron chi connectivity index (χ0n) is 17.3. The lowest BCUT2D eigenvalue weighted by atomic mass is 10.1. The average Bonchev–Trinajstić information content (AvgIpc) is 3.02. The van der Waals surface area contributed by atoms with E-state index in [2.05, 4.69) is 10.6 Å². The normalized spacial score (nSPS) is 17.1. The third-order valence-corrected chi connectivity index (χ3v) is 4.40. The molecule has 1 aromatic carbocycles. The molecule has 1 aromatic rings. The van der Waals surface area contributed by atoms with Gasteiger partial charge in [-0.15, -0.1) is 0 Å². The van der Waals surface area contributed by atoms with E-state index in [4.69, 9.17) is 9.47 Å². The number of nitrogens with one attached hydrogen (secondary N) is 2. The number of nitrogens with zero attached hydrogens (tertiary/aromatic N) is 1. The van der Waals surface area contributed by atoms with E-state index in [1.807, 2.05) is 19.1 Å². The topological polar surface area (TPSA) is 114 Å². The lowest BCUT2D eigenvalue weighted by molar-refractivity contribution is -0.158. The highest BCUT2D eigenvalue weighted by Crippen LogP contribution is 2.34. The standard InChI is InChI=1S/C20H27N3O6/c1-11(2)21-20(27)22-18(25)13(4)29-19(26)14-9-17(24)23(10-14)15-8-12(3)6-7-16(15)28-5/h6-8,11,13-14H,9-10H2,1-5H3,(H2,21,22,25,27)/t13-,14-/m1/s1. The number of anilines is 1. The van der Waals surface area contributed by atoms with E-state index < -0.39 is 29.9 Å². The number of carbonyl (C=O) groups excluding carboxylic acids is 4. The van der Waals surface area contributed by atoms with Gasteiger partial charge in [-0.05, 0) is 45.4 Å². The van der Waals surface area contributed by atoms with Crippen molar-refractivity contribution in [2.24, 2.45) is 5.92 Å². The summed E-state index contributed by atoms with van der Waals surface area (Å²) in [5.74, 6) is -1.82. The number of urea groups is 1. The summed E-state index contributed by atoms with van der Waals surface area (Å²) >= 11 is 0. The Labute approximate surface area is 169 Å². The first kappa shape index (κ1) is 22.2.